The maximum atomic E-state index is 13.5. The van der Waals surface area contributed by atoms with Gasteiger partial charge in [0, 0.05) is 65.0 Å². The largest absolute Gasteiger partial charge is 0.318 e. The monoisotopic (exact) mass is 704 g/mol. The molecule has 3 aromatic carbocycles. The Morgan fingerprint density at radius 1 is 0.560 bits per heavy atom. The molecule has 0 radical (unpaired) electrons. The normalized spacial score (nSPS) is 10.9. The molecule has 0 saturated heterocycles. The van der Waals surface area contributed by atoms with Crippen molar-refractivity contribution in [2.75, 3.05) is 0 Å². The Bertz CT molecular complexity index is 2120. The van der Waals surface area contributed by atoms with Gasteiger partial charge >= 0.3 is 0 Å². The van der Waals surface area contributed by atoms with Gasteiger partial charge in [0.05, 0.1) is 22.8 Å². The first-order valence-corrected chi connectivity index (χ1v) is 17.6. The van der Waals surface area contributed by atoms with Crippen LogP contribution in [0.2, 0.25) is 5.28 Å². The lowest BCUT2D eigenvalue weighted by Crippen LogP contribution is -2.01. The highest BCUT2D eigenvalue weighted by Gasteiger charge is 2.21. The van der Waals surface area contributed by atoms with E-state index in [0.717, 1.165) is 81.0 Å². The Hall–Kier alpha value is -5.12. The second-order valence-electron chi connectivity index (χ2n) is 11.4. The van der Waals surface area contributed by atoms with Crippen molar-refractivity contribution in [2.45, 2.75) is 49.8 Å². The second kappa shape index (κ2) is 16.5. The van der Waals surface area contributed by atoms with Gasteiger partial charge in [-0.1, -0.05) is 43.8 Å². The molecule has 0 aliphatic carbocycles. The molecule has 50 heavy (non-hydrogen) atoms. The summed E-state index contributed by atoms with van der Waals surface area (Å²) in [6, 6.07) is 30.9. The highest BCUT2D eigenvalue weighted by Crippen LogP contribution is 2.38. The van der Waals surface area contributed by atoms with Gasteiger partial charge in [-0.3, -0.25) is 9.97 Å². The van der Waals surface area contributed by atoms with Crippen LogP contribution in [0.1, 0.15) is 26.7 Å². The highest BCUT2D eigenvalue weighted by molar-refractivity contribution is 7.99. The number of rotatable bonds is 10. The number of halogens is 3. The van der Waals surface area contributed by atoms with Crippen molar-refractivity contribution in [3.05, 3.63) is 145 Å². The van der Waals surface area contributed by atoms with Crippen LogP contribution in [0.25, 0.3) is 45.0 Å². The van der Waals surface area contributed by atoms with Crippen molar-refractivity contribution in [1.82, 2.24) is 29.1 Å². The zero-order valence-electron chi connectivity index (χ0n) is 27.7. The smallest absolute Gasteiger partial charge is 0.203 e. The molecule has 0 N–H and O–H groups in total. The Balaban J connectivity index is 0.000000178. The molecule has 7 rings (SSSR count). The molecule has 0 fully saturated rings. The van der Waals surface area contributed by atoms with Crippen LogP contribution in [0.15, 0.2) is 138 Å². The van der Waals surface area contributed by atoms with Crippen LogP contribution >= 0.6 is 23.4 Å². The predicted octanol–water partition coefficient (Wildman–Crippen LogP) is 11.1. The number of imidazole rings is 2. The average molecular weight is 705 g/mol. The van der Waals surface area contributed by atoms with E-state index in [2.05, 4.69) is 45.5 Å². The van der Waals surface area contributed by atoms with Gasteiger partial charge in [-0.2, -0.15) is 0 Å². The average Bonchev–Trinajstić information content (AvgIpc) is 3.67. The van der Waals surface area contributed by atoms with E-state index in [1.54, 1.807) is 60.8 Å². The van der Waals surface area contributed by atoms with Crippen LogP contribution in [-0.4, -0.2) is 29.1 Å². The van der Waals surface area contributed by atoms with Crippen molar-refractivity contribution in [2.24, 2.45) is 0 Å². The summed E-state index contributed by atoms with van der Waals surface area (Å²) < 4.78 is 30.9. The zero-order valence-corrected chi connectivity index (χ0v) is 29.3. The van der Waals surface area contributed by atoms with Gasteiger partial charge in [-0.15, -0.1) is 0 Å². The van der Waals surface area contributed by atoms with Crippen LogP contribution < -0.4 is 0 Å². The third-order valence-corrected chi connectivity index (χ3v) is 9.13. The van der Waals surface area contributed by atoms with E-state index < -0.39 is 0 Å². The summed E-state index contributed by atoms with van der Waals surface area (Å²) >= 11 is 7.97. The summed E-state index contributed by atoms with van der Waals surface area (Å²) in [6.45, 7) is 5.86. The van der Waals surface area contributed by atoms with Crippen LogP contribution in [0.4, 0.5) is 8.78 Å². The molecule has 0 bridgehead atoms. The van der Waals surface area contributed by atoms with Crippen LogP contribution in [0, 0.1) is 11.6 Å². The molecule has 7 aromatic rings. The molecular formula is C40H35ClF2N6S. The fourth-order valence-corrected chi connectivity index (χ4v) is 6.80. The lowest BCUT2D eigenvalue weighted by atomic mass is 10.1. The van der Waals surface area contributed by atoms with E-state index in [1.807, 2.05) is 47.0 Å². The molecular weight excluding hydrogens is 670 g/mol. The second-order valence-corrected chi connectivity index (χ2v) is 12.8. The standard InChI is InChI=1S/C23H20FN3S.C17H15ClFN3/c1-2-16-27-22(18-12-14-25-15-13-18)21(17-8-10-19(24)11-9-17)26-23(27)28-20-6-4-3-5-7-20;1-2-11-22-16(13-7-9-20-10-8-13)15(21-17(22)18)12-3-5-14(19)6-4-12/h3-15H,2,16H2,1H3;3-10H,2,11H2,1H3. The lowest BCUT2D eigenvalue weighted by Gasteiger charge is -2.12. The van der Waals surface area contributed by atoms with Gasteiger partial charge in [0.1, 0.15) is 11.6 Å². The Labute approximate surface area is 299 Å². The highest BCUT2D eigenvalue weighted by atomic mass is 35.5. The van der Waals surface area contributed by atoms with Gasteiger partial charge in [-0.25, -0.2) is 18.7 Å². The van der Waals surface area contributed by atoms with Crippen LogP contribution in [0.3, 0.4) is 0 Å². The summed E-state index contributed by atoms with van der Waals surface area (Å²) in [5.74, 6) is -0.519. The van der Waals surface area contributed by atoms with Crippen LogP contribution in [-0.2, 0) is 13.1 Å². The number of pyridine rings is 2. The van der Waals surface area contributed by atoms with Crippen molar-refractivity contribution < 1.29 is 8.78 Å². The Morgan fingerprint density at radius 3 is 1.52 bits per heavy atom. The summed E-state index contributed by atoms with van der Waals surface area (Å²) in [7, 11) is 0. The molecule has 0 unspecified atom stereocenters. The van der Waals surface area contributed by atoms with Gasteiger partial charge < -0.3 is 9.13 Å². The van der Waals surface area contributed by atoms with E-state index in [-0.39, 0.29) is 11.6 Å². The van der Waals surface area contributed by atoms with E-state index in [1.165, 1.54) is 24.3 Å². The maximum Gasteiger partial charge on any atom is 0.203 e. The van der Waals surface area contributed by atoms with E-state index >= 15 is 0 Å². The minimum atomic E-state index is -0.270. The summed E-state index contributed by atoms with van der Waals surface area (Å²) in [6.07, 6.45) is 8.98. The van der Waals surface area contributed by atoms with Gasteiger partial charge in [0.25, 0.3) is 0 Å². The Morgan fingerprint density at radius 2 is 1.02 bits per heavy atom. The number of hydrogen-bond acceptors (Lipinski definition) is 5. The number of hydrogen-bond donors (Lipinski definition) is 0. The SMILES string of the molecule is CCCn1c(Cl)nc(-c2ccc(F)cc2)c1-c1ccncc1.CCCn1c(Sc2ccccc2)nc(-c2ccc(F)cc2)c1-c1ccncc1. The number of benzene rings is 3. The van der Waals surface area contributed by atoms with Gasteiger partial charge in [-0.05, 0) is 109 Å². The Kier molecular flexibility index (Phi) is 11.5. The quantitative estimate of drug-likeness (QED) is 0.142. The molecule has 0 spiro atoms. The minimum Gasteiger partial charge on any atom is -0.318 e. The maximum absolute atomic E-state index is 13.5. The molecule has 0 saturated carbocycles. The van der Waals surface area contributed by atoms with Crippen molar-refractivity contribution >= 4 is 23.4 Å². The third-order valence-electron chi connectivity index (χ3n) is 7.84. The molecule has 4 heterocycles. The molecule has 0 amide bonds. The summed E-state index contributed by atoms with van der Waals surface area (Å²) in [4.78, 5) is 18.8. The van der Waals surface area contributed by atoms with E-state index in [9.17, 15) is 8.78 Å². The van der Waals surface area contributed by atoms with Crippen molar-refractivity contribution in [3.8, 4) is 45.0 Å². The predicted molar refractivity (Wildman–Crippen MR) is 198 cm³/mol. The topological polar surface area (TPSA) is 61.4 Å². The van der Waals surface area contributed by atoms with Crippen LogP contribution in [0.5, 0.6) is 0 Å². The molecule has 0 aliphatic heterocycles. The first-order valence-electron chi connectivity index (χ1n) is 16.4. The molecule has 0 aliphatic rings. The lowest BCUT2D eigenvalue weighted by molar-refractivity contribution is 0.626. The molecule has 252 valence electrons. The minimum absolute atomic E-state index is 0.249. The number of aromatic nitrogens is 6. The molecule has 10 heteroatoms. The molecule has 0 atom stereocenters. The third kappa shape index (κ3) is 8.01. The fraction of sp³-hybridized carbons (Fsp3) is 0.150. The van der Waals surface area contributed by atoms with Crippen molar-refractivity contribution in [3.63, 3.8) is 0 Å². The van der Waals surface area contributed by atoms with E-state index in [0.29, 0.717) is 5.28 Å². The van der Waals surface area contributed by atoms with Crippen molar-refractivity contribution in [1.29, 1.82) is 0 Å². The number of nitrogens with zero attached hydrogens (tertiary/aromatic N) is 6. The zero-order chi connectivity index (χ0) is 34.9. The molecule has 6 nitrogen and oxygen atoms in total. The molecule has 4 aromatic heterocycles. The summed E-state index contributed by atoms with van der Waals surface area (Å²) in [5.41, 5.74) is 7.36. The first kappa shape index (κ1) is 34.7. The first-order chi connectivity index (χ1) is 24.5. The summed E-state index contributed by atoms with van der Waals surface area (Å²) in [5, 5.41) is 1.37. The van der Waals surface area contributed by atoms with Gasteiger partial charge in [0.2, 0.25) is 5.28 Å². The fourth-order valence-electron chi connectivity index (χ4n) is 5.61. The van der Waals surface area contributed by atoms with E-state index in [4.69, 9.17) is 16.6 Å². The van der Waals surface area contributed by atoms with Gasteiger partial charge in [0.15, 0.2) is 5.16 Å².